The Bertz CT molecular complexity index is 356. The molecular weight excluding hydrogens is 210 g/mol. The number of phenols is 1. The average Bonchev–Trinajstić information content (AvgIpc) is 2.60. The Labute approximate surface area is 93.5 Å². The van der Waals surface area contributed by atoms with Gasteiger partial charge in [-0.2, -0.15) is 0 Å². The summed E-state index contributed by atoms with van der Waals surface area (Å²) in [6.07, 6.45) is 1.43. The fraction of sp³-hybridized carbons (Fsp3) is 0.455. The zero-order valence-corrected chi connectivity index (χ0v) is 9.42. The summed E-state index contributed by atoms with van der Waals surface area (Å²) in [6.45, 7) is 2.06. The van der Waals surface area contributed by atoms with E-state index in [1.54, 1.807) is 23.9 Å². The van der Waals surface area contributed by atoms with E-state index in [1.807, 2.05) is 6.07 Å². The minimum atomic E-state index is -0.338. The monoisotopic (exact) mass is 225 g/mol. The van der Waals surface area contributed by atoms with Gasteiger partial charge in [0, 0.05) is 10.6 Å². The van der Waals surface area contributed by atoms with Crippen LogP contribution in [0.25, 0.3) is 0 Å². The van der Waals surface area contributed by atoms with Gasteiger partial charge >= 0.3 is 0 Å². The molecule has 2 unspecified atom stereocenters. The van der Waals surface area contributed by atoms with E-state index < -0.39 is 0 Å². The predicted molar refractivity (Wildman–Crippen MR) is 62.3 cm³/mol. The van der Waals surface area contributed by atoms with Gasteiger partial charge in [0.2, 0.25) is 0 Å². The van der Waals surface area contributed by atoms with Gasteiger partial charge in [0.15, 0.2) is 0 Å². The molecule has 0 spiro atoms. The highest BCUT2D eigenvalue weighted by Gasteiger charge is 2.27. The quantitative estimate of drug-likeness (QED) is 0.691. The van der Waals surface area contributed by atoms with Crippen LogP contribution in [0, 0.1) is 0 Å². The third-order valence-corrected chi connectivity index (χ3v) is 3.73. The lowest BCUT2D eigenvalue weighted by molar-refractivity contribution is 0.167. The van der Waals surface area contributed by atoms with Gasteiger partial charge in [-0.15, -0.1) is 0 Å². The maximum absolute atomic E-state index is 9.84. The van der Waals surface area contributed by atoms with Crippen molar-refractivity contribution in [2.24, 2.45) is 0 Å². The first-order chi connectivity index (χ1) is 7.20. The number of phenolic OH excluding ortho intramolecular Hbond substituents is 1. The molecule has 2 rings (SSSR count). The SMILES string of the molecule is CCCC(O)C1Nc2ccc(O)cc2S1. The van der Waals surface area contributed by atoms with Gasteiger partial charge in [0.1, 0.15) is 11.1 Å². The van der Waals surface area contributed by atoms with Gasteiger partial charge in [0.25, 0.3) is 0 Å². The molecule has 0 aliphatic carbocycles. The predicted octanol–water partition coefficient (Wildman–Crippen LogP) is 2.40. The van der Waals surface area contributed by atoms with Crippen molar-refractivity contribution in [3.8, 4) is 5.75 Å². The van der Waals surface area contributed by atoms with Gasteiger partial charge in [-0.1, -0.05) is 25.1 Å². The van der Waals surface area contributed by atoms with Crippen molar-refractivity contribution in [2.45, 2.75) is 36.1 Å². The first-order valence-corrected chi connectivity index (χ1v) is 6.03. The fourth-order valence-electron chi connectivity index (χ4n) is 1.67. The van der Waals surface area contributed by atoms with Crippen LogP contribution in [-0.2, 0) is 0 Å². The van der Waals surface area contributed by atoms with E-state index >= 15 is 0 Å². The van der Waals surface area contributed by atoms with Crippen molar-refractivity contribution in [1.82, 2.24) is 0 Å². The highest BCUT2D eigenvalue weighted by molar-refractivity contribution is 8.00. The smallest absolute Gasteiger partial charge is 0.116 e. The summed E-state index contributed by atoms with van der Waals surface area (Å²) in [5.74, 6) is 0.272. The summed E-state index contributed by atoms with van der Waals surface area (Å²) in [5, 5.41) is 22.4. The molecule has 3 nitrogen and oxygen atoms in total. The zero-order valence-electron chi connectivity index (χ0n) is 8.60. The number of rotatable bonds is 3. The van der Waals surface area contributed by atoms with Crippen molar-refractivity contribution >= 4 is 17.4 Å². The summed E-state index contributed by atoms with van der Waals surface area (Å²) in [4.78, 5) is 1.01. The first-order valence-electron chi connectivity index (χ1n) is 5.15. The van der Waals surface area contributed by atoms with Gasteiger partial charge in [0.05, 0.1) is 6.10 Å². The number of fused-ring (bicyclic) bond motifs is 1. The summed E-state index contributed by atoms with van der Waals surface area (Å²) in [6, 6.07) is 5.23. The van der Waals surface area contributed by atoms with Gasteiger partial charge in [-0.3, -0.25) is 0 Å². The minimum Gasteiger partial charge on any atom is -0.508 e. The molecule has 0 aromatic heterocycles. The maximum atomic E-state index is 9.84. The average molecular weight is 225 g/mol. The summed E-state index contributed by atoms with van der Waals surface area (Å²) in [7, 11) is 0. The molecule has 0 fully saturated rings. The highest BCUT2D eigenvalue weighted by atomic mass is 32.2. The van der Waals surface area contributed by atoms with Crippen LogP contribution in [0.5, 0.6) is 5.75 Å². The molecule has 3 N–H and O–H groups in total. The molecule has 1 aromatic rings. The Balaban J connectivity index is 2.08. The number of nitrogens with one attached hydrogen (secondary N) is 1. The number of hydrogen-bond acceptors (Lipinski definition) is 4. The molecular formula is C11H15NO2S. The van der Waals surface area contributed by atoms with E-state index in [0.717, 1.165) is 23.4 Å². The van der Waals surface area contributed by atoms with E-state index in [9.17, 15) is 10.2 Å². The summed E-state index contributed by atoms with van der Waals surface area (Å²) in [5.41, 5.74) is 0.998. The van der Waals surface area contributed by atoms with E-state index in [1.165, 1.54) is 0 Å². The van der Waals surface area contributed by atoms with E-state index in [0.29, 0.717) is 0 Å². The van der Waals surface area contributed by atoms with E-state index in [-0.39, 0.29) is 17.2 Å². The number of hydrogen-bond donors (Lipinski definition) is 3. The molecule has 4 heteroatoms. The summed E-state index contributed by atoms with van der Waals surface area (Å²) < 4.78 is 0. The van der Waals surface area contributed by atoms with Crippen LogP contribution in [0.1, 0.15) is 19.8 Å². The van der Waals surface area contributed by atoms with Crippen LogP contribution >= 0.6 is 11.8 Å². The van der Waals surface area contributed by atoms with Crippen LogP contribution in [0.15, 0.2) is 23.1 Å². The van der Waals surface area contributed by atoms with E-state index in [2.05, 4.69) is 12.2 Å². The molecule has 2 atom stereocenters. The molecule has 82 valence electrons. The van der Waals surface area contributed by atoms with Crippen LogP contribution in [0.3, 0.4) is 0 Å². The molecule has 15 heavy (non-hydrogen) atoms. The maximum Gasteiger partial charge on any atom is 0.116 e. The second-order valence-corrected chi connectivity index (χ2v) is 4.90. The fourth-order valence-corrected chi connectivity index (χ4v) is 2.86. The second kappa shape index (κ2) is 4.33. The third kappa shape index (κ3) is 2.21. The van der Waals surface area contributed by atoms with Crippen molar-refractivity contribution in [3.05, 3.63) is 18.2 Å². The van der Waals surface area contributed by atoms with Crippen LogP contribution in [0.2, 0.25) is 0 Å². The second-order valence-electron chi connectivity index (χ2n) is 3.72. The van der Waals surface area contributed by atoms with Crippen LogP contribution < -0.4 is 5.32 Å². The molecule has 1 aliphatic rings. The van der Waals surface area contributed by atoms with Gasteiger partial charge in [-0.25, -0.2) is 0 Å². The molecule has 0 saturated heterocycles. The lowest BCUT2D eigenvalue weighted by atomic mass is 10.2. The van der Waals surface area contributed by atoms with Crippen molar-refractivity contribution in [2.75, 3.05) is 5.32 Å². The van der Waals surface area contributed by atoms with Gasteiger partial charge < -0.3 is 15.5 Å². The number of benzene rings is 1. The topological polar surface area (TPSA) is 52.5 Å². The molecule has 1 aliphatic heterocycles. The molecule has 1 aromatic carbocycles. The Kier molecular flexibility index (Phi) is 3.07. The molecule has 0 amide bonds. The largest absolute Gasteiger partial charge is 0.508 e. The number of aliphatic hydroxyl groups is 1. The van der Waals surface area contributed by atoms with Crippen molar-refractivity contribution in [3.63, 3.8) is 0 Å². The number of aromatic hydroxyl groups is 1. The Morgan fingerprint density at radius 2 is 2.33 bits per heavy atom. The molecule has 0 radical (unpaired) electrons. The Morgan fingerprint density at radius 1 is 1.53 bits per heavy atom. The normalized spacial score (nSPS) is 20.8. The van der Waals surface area contributed by atoms with E-state index in [4.69, 9.17) is 0 Å². The lowest BCUT2D eigenvalue weighted by Crippen LogP contribution is -2.27. The van der Waals surface area contributed by atoms with Crippen molar-refractivity contribution in [1.29, 1.82) is 0 Å². The highest BCUT2D eigenvalue weighted by Crippen LogP contribution is 2.41. The number of aliphatic hydroxyl groups excluding tert-OH is 1. The lowest BCUT2D eigenvalue weighted by Gasteiger charge is -2.16. The molecule has 0 saturated carbocycles. The first kappa shape index (κ1) is 10.6. The Morgan fingerprint density at radius 3 is 3.07 bits per heavy atom. The minimum absolute atomic E-state index is 0.0155. The zero-order chi connectivity index (χ0) is 10.8. The molecule has 0 bridgehead atoms. The number of anilines is 1. The standard InChI is InChI=1S/C11H15NO2S/c1-2-3-9(14)11-12-8-5-4-7(13)6-10(8)15-11/h4-6,9,11-14H,2-3H2,1H3. The molecule has 1 heterocycles. The Hall–Kier alpha value is -0.870. The summed E-state index contributed by atoms with van der Waals surface area (Å²) >= 11 is 1.58. The van der Waals surface area contributed by atoms with Crippen LogP contribution in [0.4, 0.5) is 5.69 Å². The van der Waals surface area contributed by atoms with Crippen molar-refractivity contribution < 1.29 is 10.2 Å². The number of thioether (sulfide) groups is 1. The third-order valence-electron chi connectivity index (χ3n) is 2.45. The van der Waals surface area contributed by atoms with Crippen LogP contribution in [-0.4, -0.2) is 21.7 Å². The van der Waals surface area contributed by atoms with Gasteiger partial charge in [-0.05, 0) is 24.6 Å².